The number of rotatable bonds is 5. The summed E-state index contributed by atoms with van der Waals surface area (Å²) in [7, 11) is 1.87. The monoisotopic (exact) mass is 333 g/mol. The van der Waals surface area contributed by atoms with Gasteiger partial charge in [0.2, 0.25) is 0 Å². The predicted octanol–water partition coefficient (Wildman–Crippen LogP) is 2.15. The third kappa shape index (κ3) is 3.97. The molecule has 23 heavy (non-hydrogen) atoms. The number of carbonyl (C=O) groups excluding carboxylic acids is 1. The molecule has 124 valence electrons. The highest BCUT2D eigenvalue weighted by atomic mass is 32.1. The van der Waals surface area contributed by atoms with Crippen LogP contribution in [0.15, 0.2) is 18.6 Å². The van der Waals surface area contributed by atoms with Crippen molar-refractivity contribution in [3.05, 3.63) is 23.5 Å². The van der Waals surface area contributed by atoms with Gasteiger partial charge in [0.25, 0.3) is 5.91 Å². The van der Waals surface area contributed by atoms with Crippen LogP contribution in [0.2, 0.25) is 0 Å². The highest BCUT2D eigenvalue weighted by Gasteiger charge is 2.18. The van der Waals surface area contributed by atoms with E-state index in [-0.39, 0.29) is 5.91 Å². The number of thiazole rings is 1. The van der Waals surface area contributed by atoms with Crippen LogP contribution in [0.3, 0.4) is 0 Å². The Morgan fingerprint density at radius 3 is 3.04 bits per heavy atom. The van der Waals surface area contributed by atoms with Gasteiger partial charge >= 0.3 is 0 Å². The molecule has 0 aromatic carbocycles. The molecule has 1 N–H and O–H groups in total. The number of hydrogen-bond acceptors (Lipinski definition) is 5. The zero-order chi connectivity index (χ0) is 16.2. The summed E-state index contributed by atoms with van der Waals surface area (Å²) in [6.45, 7) is 5.01. The molecule has 0 aliphatic carbocycles. The van der Waals surface area contributed by atoms with Crippen LogP contribution in [-0.4, -0.2) is 51.2 Å². The molecule has 7 heteroatoms. The number of aryl methyl sites for hydroxylation is 1. The molecule has 1 fully saturated rings. The Labute approximate surface area is 140 Å². The smallest absolute Gasteiger partial charge is 0.263 e. The Morgan fingerprint density at radius 1 is 1.43 bits per heavy atom. The average molecular weight is 333 g/mol. The second-order valence-corrected chi connectivity index (χ2v) is 7.10. The van der Waals surface area contributed by atoms with Crippen LogP contribution in [0, 0.1) is 0 Å². The largest absolute Gasteiger partial charge is 0.350 e. The van der Waals surface area contributed by atoms with Gasteiger partial charge in [0.1, 0.15) is 9.88 Å². The lowest BCUT2D eigenvalue weighted by Crippen LogP contribution is -2.42. The molecule has 2 aromatic rings. The highest BCUT2D eigenvalue weighted by molar-refractivity contribution is 7.16. The number of nitrogens with zero attached hydrogens (tertiary/aromatic N) is 4. The van der Waals surface area contributed by atoms with Crippen molar-refractivity contribution in [2.24, 2.45) is 7.05 Å². The molecule has 0 bridgehead atoms. The van der Waals surface area contributed by atoms with Crippen molar-refractivity contribution in [3.8, 4) is 10.6 Å². The summed E-state index contributed by atoms with van der Waals surface area (Å²) in [5.41, 5.74) is 0.943. The molecule has 3 heterocycles. The standard InChI is InChI=1S/C16H23N5OS/c1-12-5-3-4-7-21(12)8-6-17-15(22)14-10-18-16(23-14)13-9-19-20(2)11-13/h9-12H,3-8H2,1-2H3,(H,17,22). The maximum absolute atomic E-state index is 12.2. The number of likely N-dealkylation sites (tertiary alicyclic amines) is 1. The summed E-state index contributed by atoms with van der Waals surface area (Å²) in [6, 6.07) is 0.626. The molecule has 1 aliphatic rings. The Hall–Kier alpha value is -1.73. The van der Waals surface area contributed by atoms with Gasteiger partial charge in [0.15, 0.2) is 0 Å². The van der Waals surface area contributed by atoms with E-state index in [1.807, 2.05) is 13.2 Å². The molecule has 1 atom stereocenters. The van der Waals surface area contributed by atoms with Crippen LogP contribution in [0.25, 0.3) is 10.6 Å². The van der Waals surface area contributed by atoms with Crippen molar-refractivity contribution in [1.29, 1.82) is 0 Å². The summed E-state index contributed by atoms with van der Waals surface area (Å²) >= 11 is 1.40. The number of nitrogens with one attached hydrogen (secondary N) is 1. The van der Waals surface area contributed by atoms with Crippen molar-refractivity contribution in [3.63, 3.8) is 0 Å². The quantitative estimate of drug-likeness (QED) is 0.911. The molecule has 0 spiro atoms. The van der Waals surface area contributed by atoms with Gasteiger partial charge in [-0.15, -0.1) is 11.3 Å². The van der Waals surface area contributed by atoms with E-state index >= 15 is 0 Å². The van der Waals surface area contributed by atoms with Crippen LogP contribution in [-0.2, 0) is 7.05 Å². The third-order valence-electron chi connectivity index (χ3n) is 4.31. The summed E-state index contributed by atoms with van der Waals surface area (Å²) in [6.07, 6.45) is 9.16. The van der Waals surface area contributed by atoms with Gasteiger partial charge < -0.3 is 5.32 Å². The van der Waals surface area contributed by atoms with Gasteiger partial charge in [0, 0.05) is 37.9 Å². The first-order valence-corrected chi connectivity index (χ1v) is 8.92. The second kappa shape index (κ2) is 7.23. The Bertz CT molecular complexity index is 665. The van der Waals surface area contributed by atoms with E-state index in [1.54, 1.807) is 17.1 Å². The molecule has 0 radical (unpaired) electrons. The summed E-state index contributed by atoms with van der Waals surface area (Å²) in [5, 5.41) is 7.97. The summed E-state index contributed by atoms with van der Waals surface area (Å²) in [4.78, 5) is 19.7. The van der Waals surface area contributed by atoms with E-state index in [0.29, 0.717) is 17.5 Å². The summed E-state index contributed by atoms with van der Waals surface area (Å²) < 4.78 is 1.73. The normalized spacial score (nSPS) is 19.0. The van der Waals surface area contributed by atoms with Gasteiger partial charge in [-0.2, -0.15) is 5.10 Å². The molecular formula is C16H23N5OS. The van der Waals surface area contributed by atoms with Crippen molar-refractivity contribution < 1.29 is 4.79 Å². The molecule has 1 unspecified atom stereocenters. The van der Waals surface area contributed by atoms with E-state index in [0.717, 1.165) is 23.7 Å². The molecule has 1 saturated heterocycles. The lowest BCUT2D eigenvalue weighted by Gasteiger charge is -2.33. The van der Waals surface area contributed by atoms with E-state index in [1.165, 1.54) is 30.6 Å². The first-order chi connectivity index (χ1) is 11.1. The van der Waals surface area contributed by atoms with Gasteiger partial charge in [-0.1, -0.05) is 6.42 Å². The van der Waals surface area contributed by atoms with Gasteiger partial charge in [-0.05, 0) is 26.3 Å². The lowest BCUT2D eigenvalue weighted by atomic mass is 10.0. The Kier molecular flexibility index (Phi) is 5.07. The van der Waals surface area contributed by atoms with Gasteiger partial charge in [-0.3, -0.25) is 14.4 Å². The van der Waals surface area contributed by atoms with Crippen LogP contribution in [0.1, 0.15) is 35.9 Å². The number of carbonyl (C=O) groups is 1. The third-order valence-corrected chi connectivity index (χ3v) is 5.35. The van der Waals surface area contributed by atoms with Crippen LogP contribution >= 0.6 is 11.3 Å². The topological polar surface area (TPSA) is 63.1 Å². The fourth-order valence-corrected chi connectivity index (χ4v) is 3.74. The second-order valence-electron chi connectivity index (χ2n) is 6.07. The minimum atomic E-state index is -0.0395. The maximum atomic E-state index is 12.2. The Balaban J connectivity index is 1.51. The average Bonchev–Trinajstić information content (AvgIpc) is 3.18. The predicted molar refractivity (Wildman–Crippen MR) is 91.5 cm³/mol. The van der Waals surface area contributed by atoms with E-state index < -0.39 is 0 Å². The Morgan fingerprint density at radius 2 is 2.30 bits per heavy atom. The van der Waals surface area contributed by atoms with E-state index in [2.05, 4.69) is 27.2 Å². The van der Waals surface area contributed by atoms with Crippen LogP contribution in [0.5, 0.6) is 0 Å². The fraction of sp³-hybridized carbons (Fsp3) is 0.562. The molecule has 1 amide bonds. The van der Waals surface area contributed by atoms with Crippen LogP contribution < -0.4 is 5.32 Å². The zero-order valence-electron chi connectivity index (χ0n) is 13.7. The van der Waals surface area contributed by atoms with E-state index in [9.17, 15) is 4.79 Å². The molecule has 3 rings (SSSR count). The van der Waals surface area contributed by atoms with Gasteiger partial charge in [-0.25, -0.2) is 4.98 Å². The maximum Gasteiger partial charge on any atom is 0.263 e. The molecule has 6 nitrogen and oxygen atoms in total. The fourth-order valence-electron chi connectivity index (χ4n) is 2.93. The number of aromatic nitrogens is 3. The SMILES string of the molecule is CC1CCCCN1CCNC(=O)c1cnc(-c2cnn(C)c2)s1. The first-order valence-electron chi connectivity index (χ1n) is 8.10. The van der Waals surface area contributed by atoms with Crippen molar-refractivity contribution in [2.75, 3.05) is 19.6 Å². The van der Waals surface area contributed by atoms with Crippen molar-refractivity contribution in [2.45, 2.75) is 32.2 Å². The number of amides is 1. The van der Waals surface area contributed by atoms with Crippen LogP contribution in [0.4, 0.5) is 0 Å². The highest BCUT2D eigenvalue weighted by Crippen LogP contribution is 2.24. The lowest BCUT2D eigenvalue weighted by molar-refractivity contribution is 0.0942. The zero-order valence-corrected chi connectivity index (χ0v) is 14.5. The number of hydrogen-bond donors (Lipinski definition) is 1. The van der Waals surface area contributed by atoms with E-state index in [4.69, 9.17) is 0 Å². The minimum Gasteiger partial charge on any atom is -0.350 e. The molecule has 1 aliphatic heterocycles. The number of piperidine rings is 1. The molecular weight excluding hydrogens is 310 g/mol. The first kappa shape index (κ1) is 16.1. The van der Waals surface area contributed by atoms with Crippen molar-refractivity contribution >= 4 is 17.2 Å². The molecule has 2 aromatic heterocycles. The van der Waals surface area contributed by atoms with Gasteiger partial charge in [0.05, 0.1) is 12.4 Å². The summed E-state index contributed by atoms with van der Waals surface area (Å²) in [5.74, 6) is -0.0395. The molecule has 0 saturated carbocycles. The van der Waals surface area contributed by atoms with Crippen molar-refractivity contribution in [1.82, 2.24) is 25.0 Å². The minimum absolute atomic E-state index is 0.0395.